The maximum absolute atomic E-state index is 5.80. The summed E-state index contributed by atoms with van der Waals surface area (Å²) in [6.45, 7) is 8.09. The molecule has 0 aliphatic rings. The van der Waals surface area contributed by atoms with Gasteiger partial charge in [0.05, 0.1) is 41.6 Å². The van der Waals surface area contributed by atoms with Gasteiger partial charge in [-0.25, -0.2) is 4.98 Å². The van der Waals surface area contributed by atoms with Crippen molar-refractivity contribution < 1.29 is 9.26 Å². The number of hydrogen-bond acceptors (Lipinski definition) is 5. The molecule has 0 saturated heterocycles. The Morgan fingerprint density at radius 2 is 1.81 bits per heavy atom. The number of pyridine rings is 1. The van der Waals surface area contributed by atoms with Crippen LogP contribution in [0.1, 0.15) is 35.8 Å². The smallest absolute Gasteiger partial charge is 0.141 e. The fraction of sp³-hybridized carbons (Fsp3) is 0.240. The highest BCUT2D eigenvalue weighted by atomic mass is 16.5. The van der Waals surface area contributed by atoms with Crippen molar-refractivity contribution in [1.82, 2.24) is 19.7 Å². The lowest BCUT2D eigenvalue weighted by molar-refractivity contribution is 0.393. The van der Waals surface area contributed by atoms with Crippen LogP contribution in [0.4, 0.5) is 0 Å². The van der Waals surface area contributed by atoms with Gasteiger partial charge in [0.1, 0.15) is 22.9 Å². The first-order valence-electron chi connectivity index (χ1n) is 10.3. The molecule has 3 aromatic heterocycles. The molecule has 0 N–H and O–H groups in total. The van der Waals surface area contributed by atoms with E-state index in [0.717, 1.165) is 56.1 Å². The molecule has 31 heavy (non-hydrogen) atoms. The maximum Gasteiger partial charge on any atom is 0.141 e. The fourth-order valence-corrected chi connectivity index (χ4v) is 4.51. The minimum Gasteiger partial charge on any atom is -0.496 e. The van der Waals surface area contributed by atoms with E-state index in [1.807, 2.05) is 33.0 Å². The van der Waals surface area contributed by atoms with Crippen molar-refractivity contribution >= 4 is 21.9 Å². The monoisotopic (exact) mass is 412 g/mol. The molecule has 156 valence electrons. The molecule has 0 amide bonds. The summed E-state index contributed by atoms with van der Waals surface area (Å²) in [5.74, 6) is 2.47. The van der Waals surface area contributed by atoms with Gasteiger partial charge in [0.15, 0.2) is 0 Å². The maximum atomic E-state index is 5.80. The highest BCUT2D eigenvalue weighted by Crippen LogP contribution is 2.39. The van der Waals surface area contributed by atoms with Gasteiger partial charge >= 0.3 is 0 Å². The highest BCUT2D eigenvalue weighted by molar-refractivity contribution is 6.05. The van der Waals surface area contributed by atoms with Crippen molar-refractivity contribution in [3.63, 3.8) is 0 Å². The van der Waals surface area contributed by atoms with E-state index < -0.39 is 0 Å². The molecule has 0 aliphatic heterocycles. The number of ether oxygens (including phenoxy) is 1. The van der Waals surface area contributed by atoms with E-state index in [0.29, 0.717) is 0 Å². The van der Waals surface area contributed by atoms with E-state index in [-0.39, 0.29) is 6.04 Å². The van der Waals surface area contributed by atoms with Gasteiger partial charge in [-0.2, -0.15) is 0 Å². The van der Waals surface area contributed by atoms with Crippen LogP contribution < -0.4 is 4.74 Å². The van der Waals surface area contributed by atoms with Crippen LogP contribution in [0.15, 0.2) is 53.2 Å². The fourth-order valence-electron chi connectivity index (χ4n) is 4.51. The summed E-state index contributed by atoms with van der Waals surface area (Å²) < 4.78 is 13.5. The summed E-state index contributed by atoms with van der Waals surface area (Å²) >= 11 is 0. The van der Waals surface area contributed by atoms with E-state index in [9.17, 15) is 0 Å². The first-order chi connectivity index (χ1) is 15.0. The predicted molar refractivity (Wildman–Crippen MR) is 122 cm³/mol. The SMILES string of the molecule is COc1cc2c(cc1-c1c(C)noc1C)ncc1nc(C)n([C@H](C)c3ccccc3)c12. The average Bonchev–Trinajstić information content (AvgIpc) is 3.30. The van der Waals surface area contributed by atoms with Gasteiger partial charge in [0.25, 0.3) is 0 Å². The summed E-state index contributed by atoms with van der Waals surface area (Å²) in [7, 11) is 1.69. The highest BCUT2D eigenvalue weighted by Gasteiger charge is 2.21. The van der Waals surface area contributed by atoms with Crippen LogP contribution in [-0.4, -0.2) is 26.8 Å². The third-order valence-electron chi connectivity index (χ3n) is 5.99. The van der Waals surface area contributed by atoms with Crippen molar-refractivity contribution in [2.24, 2.45) is 0 Å². The second-order valence-electron chi connectivity index (χ2n) is 7.88. The van der Waals surface area contributed by atoms with Gasteiger partial charge in [-0.3, -0.25) is 4.98 Å². The molecule has 1 atom stereocenters. The van der Waals surface area contributed by atoms with Crippen molar-refractivity contribution in [3.05, 3.63) is 71.5 Å². The van der Waals surface area contributed by atoms with E-state index in [1.54, 1.807) is 7.11 Å². The molecule has 6 heteroatoms. The molecule has 5 rings (SSSR count). The van der Waals surface area contributed by atoms with Crippen LogP contribution in [0, 0.1) is 20.8 Å². The van der Waals surface area contributed by atoms with Crippen LogP contribution in [0.3, 0.4) is 0 Å². The average molecular weight is 412 g/mol. The van der Waals surface area contributed by atoms with E-state index in [4.69, 9.17) is 19.2 Å². The van der Waals surface area contributed by atoms with Gasteiger partial charge in [-0.1, -0.05) is 35.5 Å². The summed E-state index contributed by atoms with van der Waals surface area (Å²) in [6, 6.07) is 14.7. The second-order valence-corrected chi connectivity index (χ2v) is 7.88. The zero-order chi connectivity index (χ0) is 21.7. The summed E-state index contributed by atoms with van der Waals surface area (Å²) in [5, 5.41) is 5.11. The molecule has 0 spiro atoms. The van der Waals surface area contributed by atoms with Gasteiger partial charge in [-0.05, 0) is 45.4 Å². The molecule has 5 aromatic rings. The van der Waals surface area contributed by atoms with Gasteiger partial charge in [0, 0.05) is 10.9 Å². The van der Waals surface area contributed by atoms with Crippen LogP contribution >= 0.6 is 0 Å². The van der Waals surface area contributed by atoms with E-state index in [1.165, 1.54) is 5.56 Å². The normalized spacial score (nSPS) is 12.5. The lowest BCUT2D eigenvalue weighted by Gasteiger charge is -2.18. The number of aryl methyl sites for hydroxylation is 3. The van der Waals surface area contributed by atoms with E-state index in [2.05, 4.69) is 53.0 Å². The third-order valence-corrected chi connectivity index (χ3v) is 5.99. The summed E-state index contributed by atoms with van der Waals surface area (Å²) in [5.41, 5.74) is 6.75. The molecule has 0 radical (unpaired) electrons. The lowest BCUT2D eigenvalue weighted by atomic mass is 10.00. The predicted octanol–water partition coefficient (Wildman–Crippen LogP) is 5.78. The van der Waals surface area contributed by atoms with Crippen molar-refractivity contribution in [2.75, 3.05) is 7.11 Å². The minimum atomic E-state index is 0.130. The molecular formula is C25H24N4O2. The first-order valence-corrected chi connectivity index (χ1v) is 10.3. The van der Waals surface area contributed by atoms with E-state index >= 15 is 0 Å². The number of nitrogens with zero attached hydrogens (tertiary/aromatic N) is 4. The third kappa shape index (κ3) is 2.98. The lowest BCUT2D eigenvalue weighted by Crippen LogP contribution is -2.08. The molecule has 0 fully saturated rings. The molecule has 6 nitrogen and oxygen atoms in total. The number of aromatic nitrogens is 4. The van der Waals surface area contributed by atoms with Gasteiger partial charge < -0.3 is 13.8 Å². The number of benzene rings is 2. The summed E-state index contributed by atoms with van der Waals surface area (Å²) in [6.07, 6.45) is 1.85. The number of rotatable bonds is 4. The van der Waals surface area contributed by atoms with Crippen LogP contribution in [0.5, 0.6) is 5.75 Å². The molecule has 3 heterocycles. The Bertz CT molecular complexity index is 1400. The second kappa shape index (κ2) is 7.23. The largest absolute Gasteiger partial charge is 0.496 e. The van der Waals surface area contributed by atoms with Gasteiger partial charge in [0.2, 0.25) is 0 Å². The van der Waals surface area contributed by atoms with Crippen molar-refractivity contribution in [2.45, 2.75) is 33.7 Å². The zero-order valence-corrected chi connectivity index (χ0v) is 18.3. The van der Waals surface area contributed by atoms with Crippen molar-refractivity contribution in [3.8, 4) is 16.9 Å². The summed E-state index contributed by atoms with van der Waals surface area (Å²) in [4.78, 5) is 9.52. The quantitative estimate of drug-likeness (QED) is 0.374. The Morgan fingerprint density at radius 3 is 2.48 bits per heavy atom. The Kier molecular flexibility index (Phi) is 4.50. The minimum absolute atomic E-state index is 0.130. The molecule has 0 unspecified atom stereocenters. The van der Waals surface area contributed by atoms with Crippen molar-refractivity contribution in [1.29, 1.82) is 0 Å². The standard InChI is InChI=1S/C25H24N4O2/c1-14-24(16(3)31-28-14)20-11-21-19(12-23(20)30-5)25-22(13-26-21)27-17(4)29(25)15(2)18-9-7-6-8-10-18/h6-13,15H,1-5H3/t15-/m1/s1. The van der Waals surface area contributed by atoms with Crippen LogP contribution in [0.2, 0.25) is 0 Å². The van der Waals surface area contributed by atoms with Crippen LogP contribution in [-0.2, 0) is 0 Å². The molecule has 0 aliphatic carbocycles. The Labute approximate surface area is 180 Å². The number of fused-ring (bicyclic) bond motifs is 3. The molecular weight excluding hydrogens is 388 g/mol. The van der Waals surface area contributed by atoms with Gasteiger partial charge in [-0.15, -0.1) is 0 Å². The molecule has 2 aromatic carbocycles. The first kappa shape index (κ1) is 19.3. The number of imidazole rings is 1. The Morgan fingerprint density at radius 1 is 1.03 bits per heavy atom. The zero-order valence-electron chi connectivity index (χ0n) is 18.3. The number of methoxy groups -OCH3 is 1. The Balaban J connectivity index is 1.81. The van der Waals surface area contributed by atoms with Crippen LogP contribution in [0.25, 0.3) is 33.1 Å². The Hall–Kier alpha value is -3.67. The number of hydrogen-bond donors (Lipinski definition) is 0. The molecule has 0 bridgehead atoms. The topological polar surface area (TPSA) is 66.0 Å². The molecule has 0 saturated carbocycles.